The lowest BCUT2D eigenvalue weighted by molar-refractivity contribution is 0.102. The van der Waals surface area contributed by atoms with E-state index in [1.807, 2.05) is 18.2 Å². The van der Waals surface area contributed by atoms with Crippen LogP contribution in [-0.2, 0) is 6.54 Å². The SMILES string of the molecule is COc1cc(I)c(Cl)cc1C(=O)Nc1ccc(Cn2ccccc2=O)cc1. The molecule has 1 N–H and O–H groups in total. The van der Waals surface area contributed by atoms with Gasteiger partial charge < -0.3 is 14.6 Å². The second-order valence-corrected chi connectivity index (χ2v) is 7.35. The fraction of sp³-hybridized carbons (Fsp3) is 0.100. The minimum atomic E-state index is -0.308. The standard InChI is InChI=1S/C20H16ClIN2O3/c1-27-18-11-17(22)16(21)10-15(18)20(26)23-14-7-5-13(6-8-14)12-24-9-3-2-4-19(24)25/h2-11H,12H2,1H3,(H,23,26). The molecule has 27 heavy (non-hydrogen) atoms. The summed E-state index contributed by atoms with van der Waals surface area (Å²) in [7, 11) is 1.51. The van der Waals surface area contributed by atoms with Crippen molar-refractivity contribution in [2.24, 2.45) is 0 Å². The van der Waals surface area contributed by atoms with E-state index in [9.17, 15) is 9.59 Å². The van der Waals surface area contributed by atoms with Crippen LogP contribution in [0.5, 0.6) is 5.75 Å². The van der Waals surface area contributed by atoms with Crippen LogP contribution in [0.2, 0.25) is 5.02 Å². The van der Waals surface area contributed by atoms with E-state index >= 15 is 0 Å². The molecule has 5 nitrogen and oxygen atoms in total. The number of rotatable bonds is 5. The molecule has 3 rings (SSSR count). The van der Waals surface area contributed by atoms with Gasteiger partial charge in [0, 0.05) is 21.5 Å². The Bertz CT molecular complexity index is 1030. The van der Waals surface area contributed by atoms with Gasteiger partial charge in [0.2, 0.25) is 0 Å². The molecule has 0 saturated heterocycles. The molecule has 2 aromatic carbocycles. The van der Waals surface area contributed by atoms with E-state index < -0.39 is 0 Å². The molecule has 1 heterocycles. The van der Waals surface area contributed by atoms with E-state index in [2.05, 4.69) is 27.9 Å². The van der Waals surface area contributed by atoms with Crippen LogP contribution in [-0.4, -0.2) is 17.6 Å². The summed E-state index contributed by atoms with van der Waals surface area (Å²) in [4.78, 5) is 24.4. The number of anilines is 1. The number of ether oxygens (including phenoxy) is 1. The molecule has 0 aliphatic heterocycles. The predicted molar refractivity (Wildman–Crippen MR) is 115 cm³/mol. The van der Waals surface area contributed by atoms with E-state index in [1.165, 1.54) is 13.2 Å². The average Bonchev–Trinajstić information content (AvgIpc) is 2.67. The van der Waals surface area contributed by atoms with Crippen LogP contribution in [0.25, 0.3) is 0 Å². The normalized spacial score (nSPS) is 10.5. The Balaban J connectivity index is 1.75. The van der Waals surface area contributed by atoms with Gasteiger partial charge in [-0.1, -0.05) is 29.8 Å². The number of hydrogen-bond acceptors (Lipinski definition) is 3. The van der Waals surface area contributed by atoms with Crippen molar-refractivity contribution in [3.8, 4) is 5.75 Å². The minimum absolute atomic E-state index is 0.0578. The lowest BCUT2D eigenvalue weighted by Crippen LogP contribution is -2.18. The first-order valence-electron chi connectivity index (χ1n) is 8.06. The Hall–Kier alpha value is -2.32. The summed E-state index contributed by atoms with van der Waals surface area (Å²) < 4.78 is 7.71. The smallest absolute Gasteiger partial charge is 0.259 e. The van der Waals surface area contributed by atoms with Gasteiger partial charge in [-0.3, -0.25) is 9.59 Å². The molecular formula is C20H16ClIN2O3. The van der Waals surface area contributed by atoms with Gasteiger partial charge in [0.1, 0.15) is 5.75 Å². The van der Waals surface area contributed by atoms with Crippen LogP contribution >= 0.6 is 34.2 Å². The zero-order valence-corrected chi connectivity index (χ0v) is 17.3. The lowest BCUT2D eigenvalue weighted by atomic mass is 10.1. The summed E-state index contributed by atoms with van der Waals surface area (Å²) in [5.74, 6) is 0.151. The van der Waals surface area contributed by atoms with E-state index in [-0.39, 0.29) is 11.5 Å². The second-order valence-electron chi connectivity index (χ2n) is 5.78. The van der Waals surface area contributed by atoms with Gasteiger partial charge in [0.15, 0.2) is 0 Å². The summed E-state index contributed by atoms with van der Waals surface area (Å²) in [5, 5.41) is 3.32. The number of hydrogen-bond donors (Lipinski definition) is 1. The van der Waals surface area contributed by atoms with Crippen LogP contribution in [0.3, 0.4) is 0 Å². The number of pyridine rings is 1. The molecule has 0 atom stereocenters. The third-order valence-corrected chi connectivity index (χ3v) is 5.47. The van der Waals surface area contributed by atoms with Crippen molar-refractivity contribution in [1.29, 1.82) is 0 Å². The molecule has 0 fully saturated rings. The van der Waals surface area contributed by atoms with Crippen molar-refractivity contribution in [3.05, 3.63) is 90.9 Å². The molecule has 0 aliphatic rings. The van der Waals surface area contributed by atoms with Gasteiger partial charge in [-0.25, -0.2) is 0 Å². The number of carbonyl (C=O) groups is 1. The topological polar surface area (TPSA) is 60.3 Å². The zero-order valence-electron chi connectivity index (χ0n) is 14.4. The van der Waals surface area contributed by atoms with Gasteiger partial charge >= 0.3 is 0 Å². The number of aromatic nitrogens is 1. The number of nitrogens with one attached hydrogen (secondary N) is 1. The maximum absolute atomic E-state index is 12.6. The number of halogens is 2. The highest BCUT2D eigenvalue weighted by Crippen LogP contribution is 2.28. The van der Waals surface area contributed by atoms with E-state index in [0.717, 1.165) is 9.13 Å². The largest absolute Gasteiger partial charge is 0.496 e. The average molecular weight is 495 g/mol. The van der Waals surface area contributed by atoms with E-state index in [4.69, 9.17) is 16.3 Å². The maximum Gasteiger partial charge on any atom is 0.259 e. The first kappa shape index (κ1) is 19.4. The van der Waals surface area contributed by atoms with Gasteiger partial charge in [-0.05, 0) is 58.5 Å². The molecule has 1 aromatic heterocycles. The monoisotopic (exact) mass is 494 g/mol. The maximum atomic E-state index is 12.6. The van der Waals surface area contributed by atoms with Gasteiger partial charge in [-0.2, -0.15) is 0 Å². The number of nitrogens with zero attached hydrogens (tertiary/aromatic N) is 1. The van der Waals surface area contributed by atoms with Crippen LogP contribution in [0.1, 0.15) is 15.9 Å². The molecule has 0 unspecified atom stereocenters. The Morgan fingerprint density at radius 2 is 1.93 bits per heavy atom. The Kier molecular flexibility index (Phi) is 6.18. The molecule has 0 saturated carbocycles. The predicted octanol–water partition coefficient (Wildman–Crippen LogP) is 4.42. The summed E-state index contributed by atoms with van der Waals surface area (Å²) in [6, 6.07) is 15.7. The lowest BCUT2D eigenvalue weighted by Gasteiger charge is -2.11. The molecule has 0 aliphatic carbocycles. The highest BCUT2D eigenvalue weighted by atomic mass is 127. The zero-order chi connectivity index (χ0) is 19.4. The van der Waals surface area contributed by atoms with Gasteiger partial charge in [-0.15, -0.1) is 0 Å². The van der Waals surface area contributed by atoms with Crippen LogP contribution in [0.4, 0.5) is 5.69 Å². The number of amides is 1. The van der Waals surface area contributed by atoms with Crippen molar-refractivity contribution in [2.45, 2.75) is 6.54 Å². The summed E-state index contributed by atoms with van der Waals surface area (Å²) in [6.07, 6.45) is 1.74. The molecule has 0 radical (unpaired) electrons. The molecule has 138 valence electrons. The molecular weight excluding hydrogens is 479 g/mol. The quantitative estimate of drug-likeness (QED) is 0.535. The highest BCUT2D eigenvalue weighted by Gasteiger charge is 2.15. The summed E-state index contributed by atoms with van der Waals surface area (Å²) in [6.45, 7) is 0.467. The van der Waals surface area contributed by atoms with Crippen LogP contribution < -0.4 is 15.6 Å². The first-order valence-corrected chi connectivity index (χ1v) is 9.52. The molecule has 0 spiro atoms. The Morgan fingerprint density at radius 3 is 2.59 bits per heavy atom. The van der Waals surface area contributed by atoms with Gasteiger partial charge in [0.05, 0.1) is 24.2 Å². The second kappa shape index (κ2) is 8.58. The first-order chi connectivity index (χ1) is 13.0. The third-order valence-electron chi connectivity index (χ3n) is 3.95. The van der Waals surface area contributed by atoms with Crippen molar-refractivity contribution >= 4 is 45.8 Å². The number of methoxy groups -OCH3 is 1. The molecule has 0 bridgehead atoms. The van der Waals surface area contributed by atoms with Gasteiger partial charge in [0.25, 0.3) is 11.5 Å². The fourth-order valence-corrected chi connectivity index (χ4v) is 3.16. The highest BCUT2D eigenvalue weighted by molar-refractivity contribution is 14.1. The van der Waals surface area contributed by atoms with Crippen molar-refractivity contribution in [2.75, 3.05) is 12.4 Å². The van der Waals surface area contributed by atoms with E-state index in [0.29, 0.717) is 28.6 Å². The van der Waals surface area contributed by atoms with Crippen LogP contribution in [0, 0.1) is 3.57 Å². The number of carbonyl (C=O) groups excluding carboxylic acids is 1. The fourth-order valence-electron chi connectivity index (χ4n) is 2.55. The van der Waals surface area contributed by atoms with Crippen molar-refractivity contribution < 1.29 is 9.53 Å². The van der Waals surface area contributed by atoms with Crippen molar-refractivity contribution in [1.82, 2.24) is 4.57 Å². The van der Waals surface area contributed by atoms with Crippen molar-refractivity contribution in [3.63, 3.8) is 0 Å². The summed E-state index contributed by atoms with van der Waals surface area (Å²) >= 11 is 8.21. The Labute approximate surface area is 175 Å². The molecule has 7 heteroatoms. The Morgan fingerprint density at radius 1 is 1.19 bits per heavy atom. The summed E-state index contributed by atoms with van der Waals surface area (Å²) in [5.41, 5.74) is 1.90. The minimum Gasteiger partial charge on any atom is -0.496 e. The molecule has 1 amide bonds. The number of benzene rings is 2. The van der Waals surface area contributed by atoms with Crippen LogP contribution in [0.15, 0.2) is 65.6 Å². The molecule has 3 aromatic rings. The van der Waals surface area contributed by atoms with E-state index in [1.54, 1.807) is 41.1 Å². The third kappa shape index (κ3) is 4.70.